The van der Waals surface area contributed by atoms with E-state index in [0.717, 1.165) is 5.56 Å². The van der Waals surface area contributed by atoms with Gasteiger partial charge in [-0.25, -0.2) is 0 Å². The van der Waals surface area contributed by atoms with E-state index in [1.807, 2.05) is 6.92 Å². The van der Waals surface area contributed by atoms with E-state index in [-0.39, 0.29) is 28.9 Å². The maximum Gasteiger partial charge on any atom is 0.314 e. The number of hydrogen-bond donors (Lipinski definition) is 1. The van der Waals surface area contributed by atoms with E-state index >= 15 is 0 Å². The number of pyridine rings is 1. The lowest BCUT2D eigenvalue weighted by Crippen LogP contribution is -2.29. The van der Waals surface area contributed by atoms with Gasteiger partial charge in [0.2, 0.25) is 5.78 Å². The molecule has 1 aliphatic heterocycles. The Kier molecular flexibility index (Phi) is 3.41. The number of fused-ring (bicyclic) bond motifs is 1. The minimum absolute atomic E-state index is 0.0117. The lowest BCUT2D eigenvalue weighted by atomic mass is 9.84. The van der Waals surface area contributed by atoms with Crippen molar-refractivity contribution in [1.29, 1.82) is 0 Å². The first kappa shape index (κ1) is 14.3. The summed E-state index contributed by atoms with van der Waals surface area (Å²) >= 11 is 0. The molecule has 112 valence electrons. The smallest absolute Gasteiger partial charge is 0.314 e. The summed E-state index contributed by atoms with van der Waals surface area (Å²) in [6.07, 6.45) is 2.97. The summed E-state index contributed by atoms with van der Waals surface area (Å²) in [6.45, 7) is 3.69. The Morgan fingerprint density at radius 3 is 2.68 bits per heavy atom. The Morgan fingerprint density at radius 1 is 1.23 bits per heavy atom. The molecular weight excluding hydrogens is 282 g/mol. The highest BCUT2D eigenvalue weighted by Gasteiger charge is 2.35. The molecule has 1 aliphatic rings. The highest BCUT2D eigenvalue weighted by atomic mass is 16.5. The van der Waals surface area contributed by atoms with Crippen LogP contribution in [0.3, 0.4) is 0 Å². The van der Waals surface area contributed by atoms with Crippen molar-refractivity contribution in [2.45, 2.75) is 19.8 Å². The van der Waals surface area contributed by atoms with Crippen molar-refractivity contribution in [3.05, 3.63) is 53.3 Å². The van der Waals surface area contributed by atoms with Crippen molar-refractivity contribution >= 4 is 11.8 Å². The highest BCUT2D eigenvalue weighted by Crippen LogP contribution is 2.43. The number of carbonyl (C=O) groups is 2. The van der Waals surface area contributed by atoms with E-state index in [4.69, 9.17) is 4.74 Å². The van der Waals surface area contributed by atoms with Crippen molar-refractivity contribution in [3.8, 4) is 11.5 Å². The van der Waals surface area contributed by atoms with Gasteiger partial charge in [0.15, 0.2) is 0 Å². The molecule has 2 unspecified atom stereocenters. The van der Waals surface area contributed by atoms with E-state index in [9.17, 15) is 14.7 Å². The Bertz CT molecular complexity index is 755. The van der Waals surface area contributed by atoms with Crippen LogP contribution in [0.25, 0.3) is 0 Å². The van der Waals surface area contributed by atoms with Gasteiger partial charge >= 0.3 is 5.97 Å². The van der Waals surface area contributed by atoms with Crippen LogP contribution in [-0.2, 0) is 4.79 Å². The molecule has 22 heavy (non-hydrogen) atoms. The van der Waals surface area contributed by atoms with E-state index < -0.39 is 11.8 Å². The van der Waals surface area contributed by atoms with Crippen LogP contribution in [0.4, 0.5) is 0 Å². The van der Waals surface area contributed by atoms with Gasteiger partial charge < -0.3 is 9.84 Å². The number of ketones is 1. The average Bonchev–Trinajstić information content (AvgIpc) is 2.53. The third-order valence-electron chi connectivity index (χ3n) is 4.13. The maximum atomic E-state index is 12.6. The van der Waals surface area contributed by atoms with Crippen LogP contribution in [0.1, 0.15) is 41.3 Å². The molecule has 1 N–H and O–H groups in total. The fourth-order valence-corrected chi connectivity index (χ4v) is 2.58. The second-order valence-electron chi connectivity index (χ2n) is 5.45. The summed E-state index contributed by atoms with van der Waals surface area (Å²) in [6, 6.07) is 6.39. The first-order valence-corrected chi connectivity index (χ1v) is 7.03. The number of aromatic nitrogens is 1. The van der Waals surface area contributed by atoms with Crippen molar-refractivity contribution in [2.75, 3.05) is 0 Å². The average molecular weight is 297 g/mol. The van der Waals surface area contributed by atoms with Crippen LogP contribution in [-0.4, -0.2) is 21.8 Å². The third-order valence-corrected chi connectivity index (χ3v) is 4.13. The highest BCUT2D eigenvalue weighted by molar-refractivity contribution is 6.13. The van der Waals surface area contributed by atoms with Gasteiger partial charge in [-0.3, -0.25) is 14.6 Å². The fourth-order valence-electron chi connectivity index (χ4n) is 2.58. The third kappa shape index (κ3) is 2.15. The van der Waals surface area contributed by atoms with E-state index in [2.05, 4.69) is 4.98 Å². The second-order valence-corrected chi connectivity index (χ2v) is 5.45. The number of benzene rings is 1. The summed E-state index contributed by atoms with van der Waals surface area (Å²) in [5.74, 6) is -1.25. The van der Waals surface area contributed by atoms with Gasteiger partial charge in [0, 0.05) is 18.0 Å². The molecule has 0 radical (unpaired) electrons. The standard InChI is InChI=1S/C17H15NO4/c1-9-10(2)17(21)22-16-12(9)5-6-13(19)14(16)15(20)11-4-3-7-18-8-11/h3-10,19H,1-2H3. The van der Waals surface area contributed by atoms with Gasteiger partial charge in [0.1, 0.15) is 17.1 Å². The summed E-state index contributed by atoms with van der Waals surface area (Å²) in [5, 5.41) is 10.1. The van der Waals surface area contributed by atoms with Crippen LogP contribution in [0.5, 0.6) is 11.5 Å². The number of aromatic hydroxyl groups is 1. The van der Waals surface area contributed by atoms with E-state index in [1.54, 1.807) is 31.3 Å². The molecular formula is C17H15NO4. The number of hydrogen-bond acceptors (Lipinski definition) is 5. The molecule has 0 spiro atoms. The first-order chi connectivity index (χ1) is 10.5. The minimum atomic E-state index is -0.419. The topological polar surface area (TPSA) is 76.5 Å². The van der Waals surface area contributed by atoms with Gasteiger partial charge in [-0.1, -0.05) is 19.9 Å². The number of phenols is 1. The first-order valence-electron chi connectivity index (χ1n) is 7.03. The summed E-state index contributed by atoms with van der Waals surface area (Å²) in [4.78, 5) is 28.5. The van der Waals surface area contributed by atoms with Crippen LogP contribution in [0.15, 0.2) is 36.7 Å². The Morgan fingerprint density at radius 2 is 2.00 bits per heavy atom. The predicted molar refractivity (Wildman–Crippen MR) is 79.0 cm³/mol. The zero-order chi connectivity index (χ0) is 15.9. The van der Waals surface area contributed by atoms with E-state index in [0.29, 0.717) is 5.56 Å². The molecule has 2 aromatic rings. The van der Waals surface area contributed by atoms with Gasteiger partial charge in [0.05, 0.1) is 5.92 Å². The fraction of sp³-hybridized carbons (Fsp3) is 0.235. The SMILES string of the molecule is CC1C(=O)Oc2c(ccc(O)c2C(=O)c2cccnc2)C1C. The summed E-state index contributed by atoms with van der Waals surface area (Å²) in [7, 11) is 0. The maximum absolute atomic E-state index is 12.6. The van der Waals surface area contributed by atoms with Crippen molar-refractivity contribution < 1.29 is 19.4 Å². The number of ether oxygens (including phenoxy) is 1. The number of esters is 1. The largest absolute Gasteiger partial charge is 0.507 e. The van der Waals surface area contributed by atoms with Gasteiger partial charge in [-0.2, -0.15) is 0 Å². The van der Waals surface area contributed by atoms with Crippen LogP contribution in [0.2, 0.25) is 0 Å². The summed E-state index contributed by atoms with van der Waals surface area (Å²) in [5.41, 5.74) is 1.09. The van der Waals surface area contributed by atoms with Crippen LogP contribution in [0, 0.1) is 5.92 Å². The number of phenolic OH excluding ortho intramolecular Hbond substituents is 1. The molecule has 0 bridgehead atoms. The molecule has 1 aromatic heterocycles. The molecule has 2 heterocycles. The Hall–Kier alpha value is -2.69. The number of nitrogens with zero attached hydrogens (tertiary/aromatic N) is 1. The van der Waals surface area contributed by atoms with Gasteiger partial charge in [-0.05, 0) is 29.7 Å². The normalized spacial score (nSPS) is 20.2. The quantitative estimate of drug-likeness (QED) is 0.524. The van der Waals surface area contributed by atoms with E-state index in [1.165, 1.54) is 12.3 Å². The number of rotatable bonds is 2. The Balaban J connectivity index is 2.17. The minimum Gasteiger partial charge on any atom is -0.507 e. The van der Waals surface area contributed by atoms with Gasteiger partial charge in [-0.15, -0.1) is 0 Å². The molecule has 5 heteroatoms. The molecule has 1 aromatic carbocycles. The zero-order valence-corrected chi connectivity index (χ0v) is 12.2. The van der Waals surface area contributed by atoms with Gasteiger partial charge in [0.25, 0.3) is 0 Å². The monoisotopic (exact) mass is 297 g/mol. The van der Waals surface area contributed by atoms with Crippen molar-refractivity contribution in [3.63, 3.8) is 0 Å². The second kappa shape index (κ2) is 5.26. The molecule has 5 nitrogen and oxygen atoms in total. The molecule has 0 saturated carbocycles. The lowest BCUT2D eigenvalue weighted by Gasteiger charge is -2.28. The van der Waals surface area contributed by atoms with Crippen LogP contribution < -0.4 is 4.74 Å². The number of carbonyl (C=O) groups excluding carboxylic acids is 2. The zero-order valence-electron chi connectivity index (χ0n) is 12.2. The molecule has 2 atom stereocenters. The molecule has 3 rings (SSSR count). The Labute approximate surface area is 127 Å². The molecule has 0 fully saturated rings. The summed E-state index contributed by atoms with van der Waals surface area (Å²) < 4.78 is 5.33. The molecule has 0 saturated heterocycles. The van der Waals surface area contributed by atoms with Crippen LogP contribution >= 0.6 is 0 Å². The molecule has 0 aliphatic carbocycles. The van der Waals surface area contributed by atoms with Crippen molar-refractivity contribution in [1.82, 2.24) is 4.98 Å². The van der Waals surface area contributed by atoms with Crippen molar-refractivity contribution in [2.24, 2.45) is 5.92 Å². The lowest BCUT2D eigenvalue weighted by molar-refractivity contribution is -0.140. The molecule has 0 amide bonds. The predicted octanol–water partition coefficient (Wildman–Crippen LogP) is 2.68.